The number of hydrogen-bond acceptors (Lipinski definition) is 3. The normalized spacial score (nSPS) is 13.9. The Bertz CT molecular complexity index is 605. The largest absolute Gasteiger partial charge is 0.507 e. The Morgan fingerprint density at radius 3 is 2.58 bits per heavy atom. The van der Waals surface area contributed by atoms with Gasteiger partial charge in [0.25, 0.3) is 0 Å². The Balaban J connectivity index is 2.06. The molecule has 3 heteroatoms. The molecule has 0 unspecified atom stereocenters. The fraction of sp³-hybridized carbons (Fsp3) is 0.250. The molecule has 1 aliphatic heterocycles. The van der Waals surface area contributed by atoms with Gasteiger partial charge in [-0.25, -0.2) is 0 Å². The highest BCUT2D eigenvalue weighted by atomic mass is 16.5. The maximum atomic E-state index is 9.98. The van der Waals surface area contributed by atoms with E-state index in [2.05, 4.69) is 0 Å². The topological polar surface area (TPSA) is 38.7 Å². The zero-order valence-corrected chi connectivity index (χ0v) is 10.8. The van der Waals surface area contributed by atoms with Gasteiger partial charge in [-0.3, -0.25) is 0 Å². The van der Waals surface area contributed by atoms with E-state index in [4.69, 9.17) is 9.47 Å². The Hall–Kier alpha value is -2.16. The summed E-state index contributed by atoms with van der Waals surface area (Å²) in [5.74, 6) is 1.80. The fourth-order valence-corrected chi connectivity index (χ4v) is 2.21. The Morgan fingerprint density at radius 2 is 1.74 bits per heavy atom. The predicted molar refractivity (Wildman–Crippen MR) is 73.9 cm³/mol. The number of ether oxygens (including phenoxy) is 2. The highest BCUT2D eigenvalue weighted by Gasteiger charge is 2.13. The third kappa shape index (κ3) is 2.36. The molecular formula is C16H16O3. The minimum Gasteiger partial charge on any atom is -0.507 e. The average molecular weight is 256 g/mol. The first kappa shape index (κ1) is 11.9. The first-order chi connectivity index (χ1) is 9.24. The van der Waals surface area contributed by atoms with Crippen molar-refractivity contribution in [2.24, 2.45) is 0 Å². The van der Waals surface area contributed by atoms with Gasteiger partial charge in [-0.15, -0.1) is 0 Å². The van der Waals surface area contributed by atoms with Gasteiger partial charge in [0, 0.05) is 12.0 Å². The van der Waals surface area contributed by atoms with Crippen LogP contribution in [-0.2, 0) is 0 Å². The maximum absolute atomic E-state index is 9.98. The Morgan fingerprint density at radius 1 is 0.947 bits per heavy atom. The number of aromatic hydroxyl groups is 1. The molecule has 1 heterocycles. The second kappa shape index (κ2) is 4.84. The first-order valence-electron chi connectivity index (χ1n) is 6.44. The summed E-state index contributed by atoms with van der Waals surface area (Å²) >= 11 is 0. The molecular weight excluding hydrogens is 240 g/mol. The minimum atomic E-state index is 0.278. The van der Waals surface area contributed by atoms with Gasteiger partial charge in [0.15, 0.2) is 11.5 Å². The molecule has 2 aromatic carbocycles. The van der Waals surface area contributed by atoms with E-state index >= 15 is 0 Å². The van der Waals surface area contributed by atoms with Gasteiger partial charge in [0.2, 0.25) is 0 Å². The summed E-state index contributed by atoms with van der Waals surface area (Å²) in [7, 11) is 0. The predicted octanol–water partition coefficient (Wildman–Crippen LogP) is 3.53. The number of aryl methyl sites for hydroxylation is 1. The lowest BCUT2D eigenvalue weighted by atomic mass is 10.0. The maximum Gasteiger partial charge on any atom is 0.161 e. The van der Waals surface area contributed by atoms with Crippen molar-refractivity contribution in [3.8, 4) is 28.4 Å². The fourth-order valence-electron chi connectivity index (χ4n) is 2.21. The monoisotopic (exact) mass is 256 g/mol. The van der Waals surface area contributed by atoms with E-state index in [1.165, 1.54) is 0 Å². The smallest absolute Gasteiger partial charge is 0.161 e. The molecule has 19 heavy (non-hydrogen) atoms. The van der Waals surface area contributed by atoms with Crippen LogP contribution in [0.3, 0.4) is 0 Å². The molecule has 98 valence electrons. The van der Waals surface area contributed by atoms with E-state index in [0.717, 1.165) is 34.6 Å². The van der Waals surface area contributed by atoms with E-state index in [0.29, 0.717) is 13.2 Å². The van der Waals surface area contributed by atoms with Crippen molar-refractivity contribution in [2.75, 3.05) is 13.2 Å². The third-order valence-electron chi connectivity index (χ3n) is 3.21. The molecule has 0 radical (unpaired) electrons. The first-order valence-corrected chi connectivity index (χ1v) is 6.44. The Kier molecular flexibility index (Phi) is 3.03. The van der Waals surface area contributed by atoms with E-state index in [9.17, 15) is 5.11 Å². The lowest BCUT2D eigenvalue weighted by Crippen LogP contribution is -1.97. The summed E-state index contributed by atoms with van der Waals surface area (Å²) in [6, 6.07) is 11.3. The molecule has 1 N–H and O–H groups in total. The van der Waals surface area contributed by atoms with Crippen molar-refractivity contribution in [1.29, 1.82) is 0 Å². The summed E-state index contributed by atoms with van der Waals surface area (Å²) in [5, 5.41) is 9.98. The molecule has 3 rings (SSSR count). The van der Waals surface area contributed by atoms with Gasteiger partial charge in [-0.05, 0) is 36.8 Å². The molecule has 3 nitrogen and oxygen atoms in total. The van der Waals surface area contributed by atoms with E-state index in [1.807, 2.05) is 37.3 Å². The molecule has 0 fully saturated rings. The van der Waals surface area contributed by atoms with Crippen LogP contribution in [0.5, 0.6) is 17.2 Å². The zero-order chi connectivity index (χ0) is 13.2. The van der Waals surface area contributed by atoms with E-state index in [-0.39, 0.29) is 5.75 Å². The number of phenolic OH excluding ortho intramolecular Hbond substituents is 1. The minimum absolute atomic E-state index is 0.278. The van der Waals surface area contributed by atoms with E-state index < -0.39 is 0 Å². The average Bonchev–Trinajstić information content (AvgIpc) is 2.66. The van der Waals surface area contributed by atoms with Gasteiger partial charge in [0.1, 0.15) is 5.75 Å². The molecule has 0 bridgehead atoms. The van der Waals surface area contributed by atoms with Crippen LogP contribution in [0, 0.1) is 6.92 Å². The number of rotatable bonds is 1. The van der Waals surface area contributed by atoms with Crippen LogP contribution in [0.15, 0.2) is 36.4 Å². The van der Waals surface area contributed by atoms with Crippen LogP contribution >= 0.6 is 0 Å². The van der Waals surface area contributed by atoms with Crippen LogP contribution < -0.4 is 9.47 Å². The number of phenols is 1. The van der Waals surface area contributed by atoms with Gasteiger partial charge in [-0.2, -0.15) is 0 Å². The SMILES string of the molecule is Cc1ccc(O)c(-c2ccc3c(c2)OCCCO3)c1. The number of benzene rings is 2. The highest BCUT2D eigenvalue weighted by Crippen LogP contribution is 2.37. The molecule has 0 amide bonds. The van der Waals surface area contributed by atoms with Crippen molar-refractivity contribution in [2.45, 2.75) is 13.3 Å². The Labute approximate surface area is 112 Å². The molecule has 0 atom stereocenters. The van der Waals surface area contributed by atoms with Gasteiger partial charge < -0.3 is 14.6 Å². The molecule has 0 aliphatic carbocycles. The van der Waals surface area contributed by atoms with Crippen molar-refractivity contribution < 1.29 is 14.6 Å². The van der Waals surface area contributed by atoms with Gasteiger partial charge in [0.05, 0.1) is 13.2 Å². The summed E-state index contributed by atoms with van der Waals surface area (Å²) in [6.45, 7) is 3.35. The summed E-state index contributed by atoms with van der Waals surface area (Å²) in [5.41, 5.74) is 2.86. The van der Waals surface area contributed by atoms with Gasteiger partial charge in [-0.1, -0.05) is 17.7 Å². The van der Waals surface area contributed by atoms with E-state index in [1.54, 1.807) is 6.07 Å². The second-order valence-electron chi connectivity index (χ2n) is 4.73. The molecule has 2 aromatic rings. The lowest BCUT2D eigenvalue weighted by molar-refractivity contribution is 0.297. The van der Waals surface area contributed by atoms with Crippen LogP contribution in [0.1, 0.15) is 12.0 Å². The molecule has 0 spiro atoms. The van der Waals surface area contributed by atoms with Crippen LogP contribution in [0.2, 0.25) is 0 Å². The number of hydrogen-bond donors (Lipinski definition) is 1. The zero-order valence-electron chi connectivity index (χ0n) is 10.8. The molecule has 0 saturated heterocycles. The van der Waals surface area contributed by atoms with Gasteiger partial charge >= 0.3 is 0 Å². The standard InChI is InChI=1S/C16H16O3/c1-11-3-5-14(17)13(9-11)12-4-6-15-16(10-12)19-8-2-7-18-15/h3-6,9-10,17H,2,7-8H2,1H3. The highest BCUT2D eigenvalue weighted by molar-refractivity contribution is 5.73. The van der Waals surface area contributed by atoms with Crippen molar-refractivity contribution in [3.05, 3.63) is 42.0 Å². The van der Waals surface area contributed by atoms with Crippen molar-refractivity contribution in [1.82, 2.24) is 0 Å². The van der Waals surface area contributed by atoms with Crippen molar-refractivity contribution >= 4 is 0 Å². The van der Waals surface area contributed by atoms with Crippen LogP contribution in [0.25, 0.3) is 11.1 Å². The van der Waals surface area contributed by atoms with Crippen LogP contribution in [-0.4, -0.2) is 18.3 Å². The summed E-state index contributed by atoms with van der Waals surface area (Å²) < 4.78 is 11.3. The summed E-state index contributed by atoms with van der Waals surface area (Å²) in [6.07, 6.45) is 0.889. The number of fused-ring (bicyclic) bond motifs is 1. The molecule has 0 saturated carbocycles. The summed E-state index contributed by atoms with van der Waals surface area (Å²) in [4.78, 5) is 0. The lowest BCUT2D eigenvalue weighted by Gasteiger charge is -2.11. The van der Waals surface area contributed by atoms with Crippen molar-refractivity contribution in [3.63, 3.8) is 0 Å². The quantitative estimate of drug-likeness (QED) is 0.848. The second-order valence-corrected chi connectivity index (χ2v) is 4.73. The third-order valence-corrected chi connectivity index (χ3v) is 3.21. The molecule has 0 aromatic heterocycles. The molecule has 1 aliphatic rings. The van der Waals surface area contributed by atoms with Crippen LogP contribution in [0.4, 0.5) is 0 Å².